The number of benzene rings is 2. The highest BCUT2D eigenvalue weighted by atomic mass is 16.5. The Hall–Kier alpha value is -3.35. The number of rotatable bonds is 10. The summed E-state index contributed by atoms with van der Waals surface area (Å²) in [6.07, 6.45) is 2.61. The summed E-state index contributed by atoms with van der Waals surface area (Å²) in [7, 11) is 0. The van der Waals surface area contributed by atoms with Crippen LogP contribution in [-0.4, -0.2) is 48.4 Å². The van der Waals surface area contributed by atoms with E-state index in [2.05, 4.69) is 12.2 Å². The number of para-hydroxylation sites is 1. The van der Waals surface area contributed by atoms with E-state index in [-0.39, 0.29) is 18.2 Å². The fourth-order valence-corrected chi connectivity index (χ4v) is 3.57. The summed E-state index contributed by atoms with van der Waals surface area (Å²) >= 11 is 0. The molecular weight excluding hydrogens is 408 g/mol. The topological polar surface area (TPSA) is 84.9 Å². The SMILES string of the molecule is CCCCCOC(=O)CC1C(=O)NCCN1C(=O)c1ccccc1OCc1ccccc1. The van der Waals surface area contributed by atoms with Gasteiger partial charge in [-0.05, 0) is 24.1 Å². The van der Waals surface area contributed by atoms with Crippen LogP contribution < -0.4 is 10.1 Å². The van der Waals surface area contributed by atoms with Crippen LogP contribution in [0.25, 0.3) is 0 Å². The highest BCUT2D eigenvalue weighted by Crippen LogP contribution is 2.23. The van der Waals surface area contributed by atoms with Crippen LogP contribution in [-0.2, 0) is 20.9 Å². The molecule has 1 aliphatic rings. The number of amides is 2. The van der Waals surface area contributed by atoms with Gasteiger partial charge in [0.25, 0.3) is 5.91 Å². The summed E-state index contributed by atoms with van der Waals surface area (Å²) < 4.78 is 11.2. The molecule has 1 N–H and O–H groups in total. The predicted octanol–water partition coefficient (Wildman–Crippen LogP) is 3.33. The van der Waals surface area contributed by atoms with Crippen LogP contribution in [0.2, 0.25) is 0 Å². The molecule has 1 atom stereocenters. The summed E-state index contributed by atoms with van der Waals surface area (Å²) in [5, 5.41) is 2.74. The zero-order valence-corrected chi connectivity index (χ0v) is 18.4. The van der Waals surface area contributed by atoms with Crippen molar-refractivity contribution in [2.75, 3.05) is 19.7 Å². The molecule has 1 unspecified atom stereocenters. The van der Waals surface area contributed by atoms with Crippen molar-refractivity contribution in [2.45, 2.75) is 45.3 Å². The van der Waals surface area contributed by atoms with E-state index in [0.717, 1.165) is 24.8 Å². The van der Waals surface area contributed by atoms with Crippen LogP contribution in [0.1, 0.15) is 48.5 Å². The second-order valence-electron chi connectivity index (χ2n) is 7.71. The Kier molecular flexibility index (Phi) is 8.66. The first-order valence-corrected chi connectivity index (χ1v) is 11.1. The Morgan fingerprint density at radius 2 is 1.81 bits per heavy atom. The smallest absolute Gasteiger partial charge is 0.308 e. The van der Waals surface area contributed by atoms with E-state index in [4.69, 9.17) is 9.47 Å². The molecule has 0 radical (unpaired) electrons. The number of esters is 1. The average molecular weight is 439 g/mol. The van der Waals surface area contributed by atoms with E-state index in [0.29, 0.717) is 37.6 Å². The Morgan fingerprint density at radius 1 is 1.06 bits per heavy atom. The maximum atomic E-state index is 13.4. The number of hydrogen-bond acceptors (Lipinski definition) is 5. The van der Waals surface area contributed by atoms with E-state index >= 15 is 0 Å². The Morgan fingerprint density at radius 3 is 2.59 bits per heavy atom. The third-order valence-electron chi connectivity index (χ3n) is 5.32. The van der Waals surface area contributed by atoms with Crippen LogP contribution >= 0.6 is 0 Å². The third-order valence-corrected chi connectivity index (χ3v) is 5.32. The molecule has 1 aliphatic heterocycles. The predicted molar refractivity (Wildman–Crippen MR) is 120 cm³/mol. The molecule has 2 amide bonds. The van der Waals surface area contributed by atoms with Gasteiger partial charge in [-0.25, -0.2) is 0 Å². The largest absolute Gasteiger partial charge is 0.488 e. The number of unbranched alkanes of at least 4 members (excludes halogenated alkanes) is 2. The first kappa shape index (κ1) is 23.3. The quantitative estimate of drug-likeness (QED) is 0.454. The lowest BCUT2D eigenvalue weighted by molar-refractivity contribution is -0.147. The van der Waals surface area contributed by atoms with Gasteiger partial charge < -0.3 is 19.7 Å². The Bertz CT molecular complexity index is 916. The monoisotopic (exact) mass is 438 g/mol. The number of ether oxygens (including phenoxy) is 2. The first-order valence-electron chi connectivity index (χ1n) is 11.1. The number of nitrogens with zero attached hydrogens (tertiary/aromatic N) is 1. The van der Waals surface area contributed by atoms with Crippen molar-refractivity contribution in [1.82, 2.24) is 10.2 Å². The van der Waals surface area contributed by atoms with Gasteiger partial charge in [-0.15, -0.1) is 0 Å². The average Bonchev–Trinajstić information content (AvgIpc) is 2.82. The molecule has 7 heteroatoms. The lowest BCUT2D eigenvalue weighted by Gasteiger charge is -2.34. The van der Waals surface area contributed by atoms with Gasteiger partial charge in [0.05, 0.1) is 18.6 Å². The van der Waals surface area contributed by atoms with E-state index in [9.17, 15) is 14.4 Å². The lowest BCUT2D eigenvalue weighted by Crippen LogP contribution is -2.57. The van der Waals surface area contributed by atoms with Crippen LogP contribution in [0.5, 0.6) is 5.75 Å². The maximum absolute atomic E-state index is 13.4. The molecule has 1 heterocycles. The van der Waals surface area contributed by atoms with Crippen molar-refractivity contribution in [3.8, 4) is 5.75 Å². The Balaban J connectivity index is 1.70. The minimum absolute atomic E-state index is 0.170. The normalized spacial score (nSPS) is 15.7. The van der Waals surface area contributed by atoms with Gasteiger partial charge in [0, 0.05) is 13.1 Å². The summed E-state index contributed by atoms with van der Waals surface area (Å²) in [6, 6.07) is 15.7. The van der Waals surface area contributed by atoms with Crippen molar-refractivity contribution in [3.05, 3.63) is 65.7 Å². The number of carbonyl (C=O) groups excluding carboxylic acids is 3. The second-order valence-corrected chi connectivity index (χ2v) is 7.71. The summed E-state index contributed by atoms with van der Waals surface area (Å²) in [5.41, 5.74) is 1.34. The molecule has 7 nitrogen and oxygen atoms in total. The fourth-order valence-electron chi connectivity index (χ4n) is 3.57. The Labute approximate surface area is 188 Å². The highest BCUT2D eigenvalue weighted by molar-refractivity contribution is 6.01. The summed E-state index contributed by atoms with van der Waals surface area (Å²) in [6.45, 7) is 3.36. The van der Waals surface area contributed by atoms with Crippen LogP contribution in [0, 0.1) is 0 Å². The summed E-state index contributed by atoms with van der Waals surface area (Å²) in [4.78, 5) is 39.6. The van der Waals surface area contributed by atoms with Crippen molar-refractivity contribution < 1.29 is 23.9 Å². The minimum Gasteiger partial charge on any atom is -0.488 e. The summed E-state index contributed by atoms with van der Waals surface area (Å²) in [5.74, 6) is -0.729. The maximum Gasteiger partial charge on any atom is 0.308 e. The number of nitrogens with one attached hydrogen (secondary N) is 1. The molecule has 1 saturated heterocycles. The van der Waals surface area contributed by atoms with Crippen molar-refractivity contribution in [2.24, 2.45) is 0 Å². The fraction of sp³-hybridized carbons (Fsp3) is 0.400. The molecule has 1 fully saturated rings. The molecular formula is C25H30N2O5. The van der Waals surface area contributed by atoms with E-state index in [1.807, 2.05) is 30.3 Å². The molecule has 32 heavy (non-hydrogen) atoms. The van der Waals surface area contributed by atoms with Crippen molar-refractivity contribution in [3.63, 3.8) is 0 Å². The molecule has 3 rings (SSSR count). The van der Waals surface area contributed by atoms with Gasteiger partial charge in [-0.3, -0.25) is 14.4 Å². The molecule has 0 saturated carbocycles. The number of carbonyl (C=O) groups is 3. The minimum atomic E-state index is -0.905. The van der Waals surface area contributed by atoms with Gasteiger partial charge in [0.15, 0.2) is 0 Å². The van der Waals surface area contributed by atoms with Gasteiger partial charge >= 0.3 is 5.97 Å². The van der Waals surface area contributed by atoms with Crippen molar-refractivity contribution >= 4 is 17.8 Å². The molecule has 2 aromatic rings. The van der Waals surface area contributed by atoms with Gasteiger partial charge in [0.1, 0.15) is 18.4 Å². The molecule has 0 spiro atoms. The van der Waals surface area contributed by atoms with Crippen LogP contribution in [0.15, 0.2) is 54.6 Å². The van der Waals surface area contributed by atoms with Crippen LogP contribution in [0.4, 0.5) is 0 Å². The molecule has 2 aromatic carbocycles. The van der Waals surface area contributed by atoms with Gasteiger partial charge in [0.2, 0.25) is 5.91 Å². The molecule has 0 bridgehead atoms. The van der Waals surface area contributed by atoms with E-state index in [1.165, 1.54) is 4.90 Å². The second kappa shape index (κ2) is 11.9. The van der Waals surface area contributed by atoms with Gasteiger partial charge in [-0.2, -0.15) is 0 Å². The molecule has 170 valence electrons. The third kappa shape index (κ3) is 6.33. The van der Waals surface area contributed by atoms with Crippen LogP contribution in [0.3, 0.4) is 0 Å². The molecule has 0 aliphatic carbocycles. The van der Waals surface area contributed by atoms with Crippen molar-refractivity contribution in [1.29, 1.82) is 0 Å². The number of piperazine rings is 1. The molecule has 0 aromatic heterocycles. The standard InChI is InChI=1S/C25H30N2O5/c1-2-3-9-16-31-23(28)17-21-24(29)26-14-15-27(21)25(30)20-12-7-8-13-22(20)32-18-19-10-5-4-6-11-19/h4-8,10-13,21H,2-3,9,14-18H2,1H3,(H,26,29). The van der Waals surface area contributed by atoms with E-state index in [1.54, 1.807) is 24.3 Å². The highest BCUT2D eigenvalue weighted by Gasteiger charge is 2.36. The van der Waals surface area contributed by atoms with E-state index < -0.39 is 12.0 Å². The van der Waals surface area contributed by atoms with Gasteiger partial charge in [-0.1, -0.05) is 62.2 Å². The zero-order valence-electron chi connectivity index (χ0n) is 18.4. The zero-order chi connectivity index (χ0) is 22.8. The first-order chi connectivity index (χ1) is 15.6. The lowest BCUT2D eigenvalue weighted by atomic mass is 10.1. The number of hydrogen-bond donors (Lipinski definition) is 1.